The highest BCUT2D eigenvalue weighted by Crippen LogP contribution is 2.23. The van der Waals surface area contributed by atoms with Crippen molar-refractivity contribution in [1.29, 1.82) is 0 Å². The fourth-order valence-electron chi connectivity index (χ4n) is 1.99. The first kappa shape index (κ1) is 17.4. The number of benzene rings is 2. The van der Waals surface area contributed by atoms with E-state index in [2.05, 4.69) is 50.2 Å². The summed E-state index contributed by atoms with van der Waals surface area (Å²) in [7, 11) is 0. The molecule has 0 aliphatic heterocycles. The van der Waals surface area contributed by atoms with Crippen LogP contribution in [0.1, 0.15) is 20.9 Å². The van der Waals surface area contributed by atoms with Crippen LogP contribution in [-0.2, 0) is 11.5 Å². The molecule has 1 amide bonds. The lowest BCUT2D eigenvalue weighted by atomic mass is 10.2. The van der Waals surface area contributed by atoms with E-state index in [-0.39, 0.29) is 5.91 Å². The van der Waals surface area contributed by atoms with Crippen LogP contribution >= 0.6 is 45.7 Å². The van der Waals surface area contributed by atoms with Gasteiger partial charge in [0.15, 0.2) is 0 Å². The van der Waals surface area contributed by atoms with Gasteiger partial charge in [-0.2, -0.15) is 0 Å². The minimum Gasteiger partial charge on any atom is -0.296 e. The first-order valence-corrected chi connectivity index (χ1v) is 10.3. The van der Waals surface area contributed by atoms with Crippen molar-refractivity contribution in [3.05, 3.63) is 74.3 Å². The summed E-state index contributed by atoms with van der Waals surface area (Å²) in [5.74, 6) is 1.56. The molecular weight excluding hydrogens is 453 g/mol. The summed E-state index contributed by atoms with van der Waals surface area (Å²) in [6.45, 7) is 0. The van der Waals surface area contributed by atoms with Crippen LogP contribution in [0.15, 0.2) is 54.6 Å². The number of nitrogens with one attached hydrogen (secondary N) is 1. The topological polar surface area (TPSA) is 54.9 Å². The number of thioether (sulfide) groups is 1. The number of aromatic nitrogens is 2. The molecule has 0 atom stereocenters. The molecule has 1 heterocycles. The van der Waals surface area contributed by atoms with E-state index in [1.165, 1.54) is 16.9 Å². The van der Waals surface area contributed by atoms with E-state index in [0.29, 0.717) is 10.7 Å². The lowest BCUT2D eigenvalue weighted by Gasteiger charge is -2.01. The molecule has 1 aromatic heterocycles. The minimum absolute atomic E-state index is 0.159. The highest BCUT2D eigenvalue weighted by molar-refractivity contribution is 14.1. The van der Waals surface area contributed by atoms with Gasteiger partial charge >= 0.3 is 0 Å². The average molecular weight is 467 g/mol. The summed E-state index contributed by atoms with van der Waals surface area (Å²) < 4.78 is 1.02. The Morgan fingerprint density at radius 1 is 1.08 bits per heavy atom. The van der Waals surface area contributed by atoms with Gasteiger partial charge in [0.25, 0.3) is 5.91 Å². The molecule has 0 radical (unpaired) electrons. The summed E-state index contributed by atoms with van der Waals surface area (Å²) >= 11 is 5.39. The van der Waals surface area contributed by atoms with Gasteiger partial charge in [-0.3, -0.25) is 10.1 Å². The molecule has 0 aliphatic carbocycles. The van der Waals surface area contributed by atoms with Gasteiger partial charge in [0.2, 0.25) is 5.13 Å². The quantitative estimate of drug-likeness (QED) is 0.528. The third-order valence-corrected chi connectivity index (χ3v) is 5.82. The predicted octanol–water partition coefficient (Wildman–Crippen LogP) is 4.83. The van der Waals surface area contributed by atoms with E-state index in [4.69, 9.17) is 0 Å². The number of halogens is 1. The smallest absolute Gasteiger partial charge is 0.257 e. The van der Waals surface area contributed by atoms with Gasteiger partial charge in [0.05, 0.1) is 0 Å². The summed E-state index contributed by atoms with van der Waals surface area (Å²) in [6.07, 6.45) is 0. The zero-order valence-electron chi connectivity index (χ0n) is 12.6. The van der Waals surface area contributed by atoms with E-state index in [9.17, 15) is 4.79 Å². The average Bonchev–Trinajstić information content (AvgIpc) is 3.03. The van der Waals surface area contributed by atoms with Gasteiger partial charge in [0, 0.05) is 20.6 Å². The number of nitrogens with zero attached hydrogens (tertiary/aromatic N) is 2. The number of carbonyl (C=O) groups excluding carboxylic acids is 1. The summed E-state index contributed by atoms with van der Waals surface area (Å²) in [4.78, 5) is 12.2. The Labute approximate surface area is 162 Å². The molecule has 7 heteroatoms. The van der Waals surface area contributed by atoms with Gasteiger partial charge in [-0.15, -0.1) is 22.0 Å². The van der Waals surface area contributed by atoms with Crippen molar-refractivity contribution in [3.8, 4) is 0 Å². The summed E-state index contributed by atoms with van der Waals surface area (Å²) in [5.41, 5.74) is 1.91. The second-order valence-electron chi connectivity index (χ2n) is 4.94. The minimum atomic E-state index is -0.159. The molecule has 1 N–H and O–H groups in total. The van der Waals surface area contributed by atoms with Crippen LogP contribution in [-0.4, -0.2) is 16.1 Å². The molecule has 122 valence electrons. The largest absolute Gasteiger partial charge is 0.296 e. The Morgan fingerprint density at radius 3 is 2.71 bits per heavy atom. The molecule has 0 unspecified atom stereocenters. The fourth-order valence-corrected chi connectivity index (χ4v) is 4.31. The Morgan fingerprint density at radius 2 is 1.92 bits per heavy atom. The molecule has 0 fully saturated rings. The van der Waals surface area contributed by atoms with Crippen molar-refractivity contribution < 1.29 is 4.79 Å². The Bertz CT molecular complexity index is 823. The molecule has 0 spiro atoms. The second kappa shape index (κ2) is 8.59. The van der Waals surface area contributed by atoms with Crippen LogP contribution in [0.25, 0.3) is 0 Å². The Balaban J connectivity index is 1.53. The van der Waals surface area contributed by atoms with Crippen LogP contribution in [0.5, 0.6) is 0 Å². The maximum atomic E-state index is 12.2. The first-order chi connectivity index (χ1) is 11.7. The molecule has 0 aliphatic rings. The van der Waals surface area contributed by atoms with Crippen LogP contribution in [0.3, 0.4) is 0 Å². The van der Waals surface area contributed by atoms with E-state index >= 15 is 0 Å². The molecule has 4 nitrogen and oxygen atoms in total. The van der Waals surface area contributed by atoms with Crippen molar-refractivity contribution in [1.82, 2.24) is 10.2 Å². The lowest BCUT2D eigenvalue weighted by molar-refractivity contribution is 0.102. The van der Waals surface area contributed by atoms with Gasteiger partial charge in [0.1, 0.15) is 5.01 Å². The van der Waals surface area contributed by atoms with Crippen molar-refractivity contribution >= 4 is 56.7 Å². The summed E-state index contributed by atoms with van der Waals surface area (Å²) in [6, 6.07) is 17.8. The first-order valence-electron chi connectivity index (χ1n) is 7.22. The van der Waals surface area contributed by atoms with Crippen LogP contribution in [0, 0.1) is 3.57 Å². The number of hydrogen-bond acceptors (Lipinski definition) is 5. The number of rotatable bonds is 6. The molecular formula is C17H14IN3OS2. The van der Waals surface area contributed by atoms with Crippen LogP contribution in [0.4, 0.5) is 5.13 Å². The predicted molar refractivity (Wildman–Crippen MR) is 108 cm³/mol. The zero-order chi connectivity index (χ0) is 16.8. The fraction of sp³-hybridized carbons (Fsp3) is 0.118. The van der Waals surface area contributed by atoms with Gasteiger partial charge < -0.3 is 0 Å². The number of anilines is 1. The standard InChI is InChI=1S/C17H14IN3OS2/c18-14-8-4-7-13(9-14)16(22)19-17-21-20-15(24-17)11-23-10-12-5-2-1-3-6-12/h1-9H,10-11H2,(H,19,21,22). The Hall–Kier alpha value is -1.45. The van der Waals surface area contributed by atoms with E-state index in [0.717, 1.165) is 20.1 Å². The van der Waals surface area contributed by atoms with Gasteiger partial charge in [-0.1, -0.05) is 47.7 Å². The van der Waals surface area contributed by atoms with E-state index in [1.54, 1.807) is 17.8 Å². The van der Waals surface area contributed by atoms with Crippen molar-refractivity contribution in [2.45, 2.75) is 11.5 Å². The van der Waals surface area contributed by atoms with Crippen LogP contribution < -0.4 is 5.32 Å². The third kappa shape index (κ3) is 5.02. The molecule has 24 heavy (non-hydrogen) atoms. The highest BCUT2D eigenvalue weighted by Gasteiger charge is 2.10. The normalized spacial score (nSPS) is 10.5. The molecule has 0 bridgehead atoms. The van der Waals surface area contributed by atoms with Crippen molar-refractivity contribution in [3.63, 3.8) is 0 Å². The van der Waals surface area contributed by atoms with Gasteiger partial charge in [-0.25, -0.2) is 0 Å². The van der Waals surface area contributed by atoms with E-state index in [1.807, 2.05) is 36.4 Å². The van der Waals surface area contributed by atoms with Gasteiger partial charge in [-0.05, 0) is 46.4 Å². The molecule has 0 saturated carbocycles. The SMILES string of the molecule is O=C(Nc1nnc(CSCc2ccccc2)s1)c1cccc(I)c1. The third-order valence-electron chi connectivity index (χ3n) is 3.11. The maximum absolute atomic E-state index is 12.2. The molecule has 2 aromatic carbocycles. The number of hydrogen-bond donors (Lipinski definition) is 1. The second-order valence-corrected chi connectivity index (χ2v) is 8.24. The van der Waals surface area contributed by atoms with Crippen molar-refractivity contribution in [2.75, 3.05) is 5.32 Å². The van der Waals surface area contributed by atoms with Crippen LogP contribution in [0.2, 0.25) is 0 Å². The molecule has 3 aromatic rings. The summed E-state index contributed by atoms with van der Waals surface area (Å²) in [5, 5.41) is 12.4. The van der Waals surface area contributed by atoms with E-state index < -0.39 is 0 Å². The maximum Gasteiger partial charge on any atom is 0.257 e. The van der Waals surface area contributed by atoms with Crippen molar-refractivity contribution in [2.24, 2.45) is 0 Å². The zero-order valence-corrected chi connectivity index (χ0v) is 16.4. The highest BCUT2D eigenvalue weighted by atomic mass is 127. The number of carbonyl (C=O) groups is 1. The molecule has 0 saturated heterocycles. The monoisotopic (exact) mass is 467 g/mol. The number of amides is 1. The lowest BCUT2D eigenvalue weighted by Crippen LogP contribution is -2.11. The Kier molecular flexibility index (Phi) is 6.22. The molecule has 3 rings (SSSR count).